The van der Waals surface area contributed by atoms with Crippen LogP contribution < -0.4 is 14.8 Å². The van der Waals surface area contributed by atoms with Crippen LogP contribution in [0.4, 0.5) is 0 Å². The van der Waals surface area contributed by atoms with Crippen LogP contribution in [-0.4, -0.2) is 51.2 Å². The number of ether oxygens (including phenoxy) is 2. The summed E-state index contributed by atoms with van der Waals surface area (Å²) in [6.07, 6.45) is 8.79. The fourth-order valence-corrected chi connectivity index (χ4v) is 3.36. The largest absolute Gasteiger partial charge is 0.496 e. The number of hydrogen-bond donors (Lipinski definition) is 1. The topological polar surface area (TPSA) is 50.8 Å². The number of unbranched alkanes of at least 4 members (excludes halogenated alkanes) is 2. The molecule has 0 unspecified atom stereocenters. The summed E-state index contributed by atoms with van der Waals surface area (Å²) in [6.45, 7) is 4.38. The molecule has 2 rings (SSSR count). The minimum absolute atomic E-state index is 0.137. The second-order valence-electron chi connectivity index (χ2n) is 6.61. The van der Waals surface area contributed by atoms with E-state index in [2.05, 4.69) is 10.2 Å². The van der Waals surface area contributed by atoms with Crippen molar-refractivity contribution in [1.82, 2.24) is 10.2 Å². The molecule has 1 N–H and O–H groups in total. The van der Waals surface area contributed by atoms with Crippen LogP contribution in [0.25, 0.3) is 0 Å². The lowest BCUT2D eigenvalue weighted by molar-refractivity contribution is 0.0946. The zero-order valence-corrected chi connectivity index (χ0v) is 15.7. The number of amides is 1. The van der Waals surface area contributed by atoms with Gasteiger partial charge in [0.05, 0.1) is 14.2 Å². The maximum atomic E-state index is 12.4. The third kappa shape index (κ3) is 6.24. The van der Waals surface area contributed by atoms with Gasteiger partial charge in [-0.15, -0.1) is 0 Å². The van der Waals surface area contributed by atoms with E-state index in [1.165, 1.54) is 51.7 Å². The van der Waals surface area contributed by atoms with Crippen molar-refractivity contribution >= 4 is 5.91 Å². The van der Waals surface area contributed by atoms with Gasteiger partial charge < -0.3 is 19.7 Å². The molecule has 0 aromatic heterocycles. The molecule has 5 nitrogen and oxygen atoms in total. The maximum Gasteiger partial charge on any atom is 0.258 e. The summed E-state index contributed by atoms with van der Waals surface area (Å²) in [6, 6.07) is 5.37. The van der Waals surface area contributed by atoms with E-state index >= 15 is 0 Å². The standard InChI is InChI=1S/C20H32N2O3/c1-24-17-11-10-12-18(25-2)19(17)20(23)21-13-6-5-9-16-22-14-7-3-4-8-15-22/h10-12H,3-9,13-16H2,1-2H3,(H,21,23). The Morgan fingerprint density at radius 3 is 2.24 bits per heavy atom. The number of likely N-dealkylation sites (tertiary alicyclic amines) is 1. The van der Waals surface area contributed by atoms with Crippen LogP contribution in [0, 0.1) is 0 Å². The van der Waals surface area contributed by atoms with Crippen LogP contribution in [0.2, 0.25) is 0 Å². The zero-order chi connectivity index (χ0) is 17.9. The Labute approximate surface area is 151 Å². The number of methoxy groups -OCH3 is 2. The van der Waals surface area contributed by atoms with Crippen molar-refractivity contribution in [2.75, 3.05) is 40.4 Å². The third-order valence-corrected chi connectivity index (χ3v) is 4.79. The Morgan fingerprint density at radius 2 is 1.64 bits per heavy atom. The number of carbonyl (C=O) groups excluding carboxylic acids is 1. The fraction of sp³-hybridized carbons (Fsp3) is 0.650. The molecule has 0 bridgehead atoms. The highest BCUT2D eigenvalue weighted by molar-refractivity contribution is 5.99. The van der Waals surface area contributed by atoms with Crippen molar-refractivity contribution < 1.29 is 14.3 Å². The molecule has 1 amide bonds. The van der Waals surface area contributed by atoms with Crippen molar-refractivity contribution in [3.63, 3.8) is 0 Å². The molecule has 5 heteroatoms. The monoisotopic (exact) mass is 348 g/mol. The van der Waals surface area contributed by atoms with Gasteiger partial charge in [-0.3, -0.25) is 4.79 Å². The van der Waals surface area contributed by atoms with Gasteiger partial charge in [-0.1, -0.05) is 25.3 Å². The predicted octanol–water partition coefficient (Wildman–Crippen LogP) is 3.48. The van der Waals surface area contributed by atoms with Crippen LogP contribution in [0.1, 0.15) is 55.3 Å². The number of carbonyl (C=O) groups is 1. The van der Waals surface area contributed by atoms with Crippen molar-refractivity contribution in [2.24, 2.45) is 0 Å². The van der Waals surface area contributed by atoms with Gasteiger partial charge in [0.25, 0.3) is 5.91 Å². The normalized spacial score (nSPS) is 15.4. The summed E-state index contributed by atoms with van der Waals surface area (Å²) in [5, 5.41) is 2.98. The number of rotatable bonds is 9. The third-order valence-electron chi connectivity index (χ3n) is 4.79. The summed E-state index contributed by atoms with van der Waals surface area (Å²) in [5.74, 6) is 0.942. The van der Waals surface area contributed by atoms with Gasteiger partial charge in [-0.05, 0) is 57.5 Å². The van der Waals surface area contributed by atoms with E-state index in [0.717, 1.165) is 12.8 Å². The average molecular weight is 348 g/mol. The molecule has 1 saturated heterocycles. The molecule has 0 spiro atoms. The first-order valence-corrected chi connectivity index (χ1v) is 9.48. The SMILES string of the molecule is COc1cccc(OC)c1C(=O)NCCCCCN1CCCCCC1. The van der Waals surface area contributed by atoms with Gasteiger partial charge in [0, 0.05) is 6.54 Å². The molecular weight excluding hydrogens is 316 g/mol. The lowest BCUT2D eigenvalue weighted by atomic mass is 10.1. The van der Waals surface area contributed by atoms with Gasteiger partial charge in [-0.2, -0.15) is 0 Å². The van der Waals surface area contributed by atoms with E-state index in [-0.39, 0.29) is 5.91 Å². The quantitative estimate of drug-likeness (QED) is 0.694. The Balaban J connectivity index is 1.69. The summed E-state index contributed by atoms with van der Waals surface area (Å²) in [4.78, 5) is 15.0. The van der Waals surface area contributed by atoms with Crippen LogP contribution >= 0.6 is 0 Å². The molecule has 1 aliphatic heterocycles. The highest BCUT2D eigenvalue weighted by atomic mass is 16.5. The predicted molar refractivity (Wildman–Crippen MR) is 101 cm³/mol. The molecule has 140 valence electrons. The van der Waals surface area contributed by atoms with Crippen molar-refractivity contribution in [1.29, 1.82) is 0 Å². The average Bonchev–Trinajstić information content (AvgIpc) is 2.92. The van der Waals surface area contributed by atoms with Crippen molar-refractivity contribution in [2.45, 2.75) is 44.9 Å². The van der Waals surface area contributed by atoms with E-state index in [0.29, 0.717) is 23.6 Å². The van der Waals surface area contributed by atoms with Gasteiger partial charge in [-0.25, -0.2) is 0 Å². The maximum absolute atomic E-state index is 12.4. The first-order valence-electron chi connectivity index (χ1n) is 9.48. The highest BCUT2D eigenvalue weighted by Gasteiger charge is 2.17. The summed E-state index contributed by atoms with van der Waals surface area (Å²) >= 11 is 0. The summed E-state index contributed by atoms with van der Waals surface area (Å²) < 4.78 is 10.6. The molecule has 0 aliphatic carbocycles. The van der Waals surface area contributed by atoms with Crippen LogP contribution in [0.15, 0.2) is 18.2 Å². The van der Waals surface area contributed by atoms with Crippen LogP contribution in [0.5, 0.6) is 11.5 Å². The lowest BCUT2D eigenvalue weighted by Gasteiger charge is -2.19. The van der Waals surface area contributed by atoms with Crippen LogP contribution in [0.3, 0.4) is 0 Å². The number of hydrogen-bond acceptors (Lipinski definition) is 4. The lowest BCUT2D eigenvalue weighted by Crippen LogP contribution is -2.27. The Bertz CT molecular complexity index is 503. The van der Waals surface area contributed by atoms with E-state index < -0.39 is 0 Å². The van der Waals surface area contributed by atoms with Gasteiger partial charge >= 0.3 is 0 Å². The molecular formula is C20H32N2O3. The highest BCUT2D eigenvalue weighted by Crippen LogP contribution is 2.27. The van der Waals surface area contributed by atoms with Gasteiger partial charge in [0.1, 0.15) is 17.1 Å². The Hall–Kier alpha value is -1.75. The minimum atomic E-state index is -0.137. The van der Waals surface area contributed by atoms with Gasteiger partial charge in [0.15, 0.2) is 0 Å². The number of nitrogens with zero attached hydrogens (tertiary/aromatic N) is 1. The smallest absolute Gasteiger partial charge is 0.258 e. The molecule has 1 heterocycles. The number of benzene rings is 1. The summed E-state index contributed by atoms with van der Waals surface area (Å²) in [7, 11) is 3.13. The molecule has 0 saturated carbocycles. The molecule has 25 heavy (non-hydrogen) atoms. The second kappa shape index (κ2) is 11.0. The molecule has 1 aliphatic rings. The molecule has 1 fully saturated rings. The van der Waals surface area contributed by atoms with E-state index in [4.69, 9.17) is 9.47 Å². The Morgan fingerprint density at radius 1 is 1.00 bits per heavy atom. The van der Waals surface area contributed by atoms with Crippen molar-refractivity contribution in [3.05, 3.63) is 23.8 Å². The van der Waals surface area contributed by atoms with E-state index in [1.54, 1.807) is 26.4 Å². The number of nitrogens with one attached hydrogen (secondary N) is 1. The molecule has 0 atom stereocenters. The zero-order valence-electron chi connectivity index (χ0n) is 15.7. The van der Waals surface area contributed by atoms with Gasteiger partial charge in [0.2, 0.25) is 0 Å². The minimum Gasteiger partial charge on any atom is -0.496 e. The molecule has 1 aromatic carbocycles. The molecule has 0 radical (unpaired) electrons. The molecule has 1 aromatic rings. The fourth-order valence-electron chi connectivity index (χ4n) is 3.36. The summed E-state index contributed by atoms with van der Waals surface area (Å²) in [5.41, 5.74) is 0.470. The first kappa shape index (κ1) is 19.6. The second-order valence-corrected chi connectivity index (χ2v) is 6.61. The van der Waals surface area contributed by atoms with Crippen LogP contribution in [-0.2, 0) is 0 Å². The van der Waals surface area contributed by atoms with E-state index in [9.17, 15) is 4.79 Å². The first-order chi connectivity index (χ1) is 12.3. The Kier molecular flexibility index (Phi) is 8.60. The van der Waals surface area contributed by atoms with Crippen molar-refractivity contribution in [3.8, 4) is 11.5 Å². The van der Waals surface area contributed by atoms with E-state index in [1.807, 2.05) is 6.07 Å².